The van der Waals surface area contributed by atoms with E-state index >= 15 is 0 Å². The smallest absolute Gasteiger partial charge is 1.00 e. The van der Waals surface area contributed by atoms with Crippen molar-refractivity contribution in [1.82, 2.24) is 4.98 Å². The summed E-state index contributed by atoms with van der Waals surface area (Å²) in [7, 11) is 1.08. The Morgan fingerprint density at radius 2 is 1.70 bits per heavy atom. The summed E-state index contributed by atoms with van der Waals surface area (Å²) in [5.41, 5.74) is 0. The number of nitrogens with one attached hydrogen (secondary N) is 1. The fourth-order valence-electron chi connectivity index (χ4n) is 1.31. The molecule has 20 heavy (non-hydrogen) atoms. The van der Waals surface area contributed by atoms with Crippen LogP contribution in [0, 0.1) is 6.20 Å². The summed E-state index contributed by atoms with van der Waals surface area (Å²) in [6.45, 7) is 4.31. The second-order valence-electron chi connectivity index (χ2n) is 3.47. The van der Waals surface area contributed by atoms with Gasteiger partial charge in [0.2, 0.25) is 0 Å². The van der Waals surface area contributed by atoms with Gasteiger partial charge in [0.25, 0.3) is 0 Å². The molecule has 0 saturated carbocycles. The molecular weight excluding hydrogens is 384 g/mol. The Balaban J connectivity index is -0.000000231. The Hall–Kier alpha value is -0.210. The molecule has 0 saturated heterocycles. The molecule has 0 aliphatic carbocycles. The van der Waals surface area contributed by atoms with Gasteiger partial charge >= 0.3 is 26.2 Å². The third-order valence-corrected chi connectivity index (χ3v) is 1.99. The van der Waals surface area contributed by atoms with E-state index in [9.17, 15) is 0 Å². The van der Waals surface area contributed by atoms with Crippen molar-refractivity contribution >= 4 is 20.3 Å². The van der Waals surface area contributed by atoms with Gasteiger partial charge in [-0.3, -0.25) is 0 Å². The minimum absolute atomic E-state index is 0. The van der Waals surface area contributed by atoms with E-state index in [0.717, 1.165) is 9.52 Å². The standard InChI is InChI=1S/C9H7.C4H4N.C2H6Si.2ClH.Zr/c1-2-5-9-7-3-6-8(9)4-1;1-2-4-5-3-1;1-3-2;;;/h1-7H;1-3,5H;1-2H3;2*1H;/q2*-1;;;;+4/p-2. The van der Waals surface area contributed by atoms with E-state index in [4.69, 9.17) is 0 Å². The van der Waals surface area contributed by atoms with E-state index in [2.05, 4.69) is 66.7 Å². The normalized spacial score (nSPS) is 7.50. The van der Waals surface area contributed by atoms with Crippen LogP contribution in [0.15, 0.2) is 60.8 Å². The number of benzene rings is 1. The van der Waals surface area contributed by atoms with Gasteiger partial charge in [0, 0.05) is 9.52 Å². The fourth-order valence-corrected chi connectivity index (χ4v) is 1.31. The topological polar surface area (TPSA) is 15.8 Å². The van der Waals surface area contributed by atoms with Gasteiger partial charge in [-0.25, -0.2) is 0 Å². The molecule has 2 aromatic carbocycles. The number of hydrogen-bond acceptors (Lipinski definition) is 0. The number of aromatic nitrogens is 1. The SMILES string of the molecule is C[Si]C.[Cl-].[Cl-].[Zr+4].[c-]1ccc[nH]1.c1ccc2[cH-]ccc2c1. The Morgan fingerprint density at radius 1 is 1.05 bits per heavy atom. The molecule has 3 aromatic rings. The molecule has 2 radical (unpaired) electrons. The largest absolute Gasteiger partial charge is 4.00 e. The molecule has 0 bridgehead atoms. The second kappa shape index (κ2) is 16.8. The molecule has 3 rings (SSSR count). The van der Waals surface area contributed by atoms with E-state index in [1.165, 1.54) is 10.8 Å². The molecule has 1 nitrogen and oxygen atoms in total. The molecule has 1 aromatic heterocycles. The zero-order valence-corrected chi connectivity index (χ0v) is 16.5. The summed E-state index contributed by atoms with van der Waals surface area (Å²) >= 11 is 0. The van der Waals surface area contributed by atoms with Crippen LogP contribution in [0.2, 0.25) is 13.1 Å². The van der Waals surface area contributed by atoms with Crippen molar-refractivity contribution in [1.29, 1.82) is 0 Å². The van der Waals surface area contributed by atoms with Crippen LogP contribution < -0.4 is 24.8 Å². The van der Waals surface area contributed by atoms with Gasteiger partial charge in [-0.15, -0.1) is 35.8 Å². The van der Waals surface area contributed by atoms with E-state index in [1.807, 2.05) is 18.3 Å². The molecule has 0 unspecified atom stereocenters. The van der Waals surface area contributed by atoms with Crippen LogP contribution in [0.3, 0.4) is 0 Å². The Morgan fingerprint density at radius 3 is 2.15 bits per heavy atom. The fraction of sp³-hybridized carbons (Fsp3) is 0.133. The summed E-state index contributed by atoms with van der Waals surface area (Å²) in [6.07, 6.45) is 4.56. The van der Waals surface area contributed by atoms with Crippen molar-refractivity contribution < 1.29 is 51.0 Å². The monoisotopic (exact) mass is 399 g/mol. The molecule has 0 aliphatic rings. The van der Waals surface area contributed by atoms with Crippen LogP contribution in [-0.4, -0.2) is 14.5 Å². The van der Waals surface area contributed by atoms with Crippen molar-refractivity contribution in [2.75, 3.05) is 0 Å². The molecule has 0 amide bonds. The number of aromatic amines is 1. The van der Waals surface area contributed by atoms with Crippen molar-refractivity contribution in [2.24, 2.45) is 0 Å². The minimum Gasteiger partial charge on any atom is -1.00 e. The van der Waals surface area contributed by atoms with Crippen LogP contribution in [0.1, 0.15) is 0 Å². The Kier molecular flexibility index (Phi) is 20.9. The first-order chi connectivity index (χ1) is 8.38. The average molecular weight is 402 g/mol. The third kappa shape index (κ3) is 10.6. The molecular formula is C15H17Cl2NSiZr. The van der Waals surface area contributed by atoms with Gasteiger partial charge in [0.15, 0.2) is 0 Å². The maximum absolute atomic E-state index is 2.74. The van der Waals surface area contributed by atoms with Gasteiger partial charge in [-0.05, 0) is 0 Å². The quantitative estimate of drug-likeness (QED) is 0.337. The first kappa shape index (κ1) is 24.8. The van der Waals surface area contributed by atoms with E-state index in [-0.39, 0.29) is 51.0 Å². The number of fused-ring (bicyclic) bond motifs is 1. The number of rotatable bonds is 0. The van der Waals surface area contributed by atoms with Gasteiger partial charge in [-0.1, -0.05) is 19.2 Å². The molecule has 0 aliphatic heterocycles. The van der Waals surface area contributed by atoms with Gasteiger partial charge in [0.1, 0.15) is 0 Å². The second-order valence-corrected chi connectivity index (χ2v) is 4.47. The number of H-pyrrole nitrogens is 1. The molecule has 1 N–H and O–H groups in total. The number of halogens is 2. The van der Waals surface area contributed by atoms with Gasteiger partial charge in [0.05, 0.1) is 0 Å². The van der Waals surface area contributed by atoms with E-state index in [0.29, 0.717) is 0 Å². The zero-order valence-electron chi connectivity index (χ0n) is 11.5. The molecule has 1 heterocycles. The van der Waals surface area contributed by atoms with Crippen LogP contribution in [-0.2, 0) is 26.2 Å². The summed E-state index contributed by atoms with van der Waals surface area (Å²) < 4.78 is 0. The first-order valence-electron chi connectivity index (χ1n) is 5.57. The first-order valence-corrected chi connectivity index (χ1v) is 7.57. The maximum Gasteiger partial charge on any atom is 4.00 e. The van der Waals surface area contributed by atoms with Crippen molar-refractivity contribution in [3.05, 3.63) is 67.0 Å². The Bertz CT molecular complexity index is 450. The zero-order chi connectivity index (χ0) is 12.3. The van der Waals surface area contributed by atoms with E-state index in [1.54, 1.807) is 0 Å². The summed E-state index contributed by atoms with van der Waals surface area (Å²) in [4.78, 5) is 2.74. The summed E-state index contributed by atoms with van der Waals surface area (Å²) in [5, 5.41) is 2.66. The average Bonchev–Trinajstić information content (AvgIpc) is 3.05. The molecule has 0 spiro atoms. The predicted octanol–water partition coefficient (Wildman–Crippen LogP) is -1.83. The molecule has 104 valence electrons. The van der Waals surface area contributed by atoms with Crippen LogP contribution in [0.4, 0.5) is 0 Å². The van der Waals surface area contributed by atoms with Crippen LogP contribution >= 0.6 is 0 Å². The third-order valence-electron chi connectivity index (χ3n) is 1.99. The molecule has 0 atom stereocenters. The van der Waals surface area contributed by atoms with Gasteiger partial charge in [-0.2, -0.15) is 35.8 Å². The maximum atomic E-state index is 2.74. The van der Waals surface area contributed by atoms with E-state index < -0.39 is 0 Å². The van der Waals surface area contributed by atoms with Crippen molar-refractivity contribution in [2.45, 2.75) is 13.1 Å². The summed E-state index contributed by atoms with van der Waals surface area (Å²) in [5.74, 6) is 0. The summed E-state index contributed by atoms with van der Waals surface area (Å²) in [6, 6.07) is 18.4. The minimum atomic E-state index is 0. The van der Waals surface area contributed by atoms with Crippen molar-refractivity contribution in [3.63, 3.8) is 0 Å². The van der Waals surface area contributed by atoms with Crippen molar-refractivity contribution in [3.8, 4) is 0 Å². The van der Waals surface area contributed by atoms with Gasteiger partial charge < -0.3 is 29.8 Å². The van der Waals surface area contributed by atoms with Crippen LogP contribution in [0.25, 0.3) is 10.8 Å². The Labute approximate surface area is 155 Å². The van der Waals surface area contributed by atoms with Crippen LogP contribution in [0.5, 0.6) is 0 Å². The molecule has 0 fully saturated rings. The predicted molar refractivity (Wildman–Crippen MR) is 76.7 cm³/mol. The number of hydrogen-bond donors (Lipinski definition) is 1. The molecule has 5 heteroatoms.